The lowest BCUT2D eigenvalue weighted by Crippen LogP contribution is -2.56. The summed E-state index contributed by atoms with van der Waals surface area (Å²) in [7, 11) is 0. The van der Waals surface area contributed by atoms with Gasteiger partial charge in [0, 0.05) is 43.8 Å². The maximum absolute atomic E-state index is 3.85. The Labute approximate surface area is 92.6 Å². The molecule has 2 bridgehead atoms. The number of nitrogens with zero attached hydrogens (tertiary/aromatic N) is 1. The van der Waals surface area contributed by atoms with Gasteiger partial charge in [-0.05, 0) is 32.6 Å². The summed E-state index contributed by atoms with van der Waals surface area (Å²) >= 11 is 0. The van der Waals surface area contributed by atoms with Crippen LogP contribution in [0.5, 0.6) is 0 Å². The molecule has 0 amide bonds. The van der Waals surface area contributed by atoms with E-state index in [0.717, 1.165) is 12.1 Å². The standard InChI is InChI=1S/C12H23N3/c1-10-8-13-6-7-15(10)9-12-4-2-11(14-12)3-5-12/h10-11,13-14H,2-9H2,1H3. The Hall–Kier alpha value is -0.120. The summed E-state index contributed by atoms with van der Waals surface area (Å²) in [5, 5.41) is 7.32. The van der Waals surface area contributed by atoms with E-state index in [4.69, 9.17) is 0 Å². The molecule has 3 heteroatoms. The Balaban J connectivity index is 1.64. The summed E-state index contributed by atoms with van der Waals surface area (Å²) in [5.41, 5.74) is 0.496. The van der Waals surface area contributed by atoms with Crippen LogP contribution in [0.4, 0.5) is 0 Å². The second-order valence-electron chi connectivity index (χ2n) is 5.72. The van der Waals surface area contributed by atoms with Crippen molar-refractivity contribution in [3.8, 4) is 0 Å². The highest BCUT2D eigenvalue weighted by atomic mass is 15.3. The molecule has 3 aliphatic heterocycles. The molecule has 0 radical (unpaired) electrons. The van der Waals surface area contributed by atoms with Crippen molar-refractivity contribution >= 4 is 0 Å². The van der Waals surface area contributed by atoms with Gasteiger partial charge in [-0.3, -0.25) is 4.90 Å². The van der Waals surface area contributed by atoms with Crippen molar-refractivity contribution in [2.75, 3.05) is 26.2 Å². The third kappa shape index (κ3) is 1.81. The summed E-state index contributed by atoms with van der Waals surface area (Å²) in [6.07, 6.45) is 5.66. The molecule has 3 nitrogen and oxygen atoms in total. The summed E-state index contributed by atoms with van der Waals surface area (Å²) in [6, 6.07) is 1.57. The predicted octanol–water partition coefficient (Wildman–Crippen LogP) is 0.565. The summed E-state index contributed by atoms with van der Waals surface area (Å²) in [5.74, 6) is 0. The van der Waals surface area contributed by atoms with Crippen LogP contribution in [0.3, 0.4) is 0 Å². The molecule has 1 unspecified atom stereocenters. The molecule has 0 spiro atoms. The lowest BCUT2D eigenvalue weighted by Gasteiger charge is -2.40. The van der Waals surface area contributed by atoms with Crippen molar-refractivity contribution in [3.05, 3.63) is 0 Å². The number of hydrogen-bond donors (Lipinski definition) is 2. The maximum atomic E-state index is 3.85. The first-order chi connectivity index (χ1) is 7.27. The second kappa shape index (κ2) is 3.72. The van der Waals surface area contributed by atoms with Crippen LogP contribution >= 0.6 is 0 Å². The molecular weight excluding hydrogens is 186 g/mol. The minimum atomic E-state index is 0.496. The zero-order valence-corrected chi connectivity index (χ0v) is 9.76. The molecule has 3 heterocycles. The highest BCUT2D eigenvalue weighted by molar-refractivity contribution is 5.06. The minimum absolute atomic E-state index is 0.496. The number of piperazine rings is 1. The van der Waals surface area contributed by atoms with Gasteiger partial charge in [0.05, 0.1) is 0 Å². The normalized spacial score (nSPS) is 46.2. The van der Waals surface area contributed by atoms with Crippen LogP contribution in [-0.4, -0.2) is 48.7 Å². The first-order valence-electron chi connectivity index (χ1n) is 6.50. The van der Waals surface area contributed by atoms with Gasteiger partial charge in [0.2, 0.25) is 0 Å². The first kappa shape index (κ1) is 10.1. The Bertz CT molecular complexity index is 233. The first-order valence-corrected chi connectivity index (χ1v) is 6.50. The smallest absolute Gasteiger partial charge is 0.0312 e. The number of fused-ring (bicyclic) bond motifs is 2. The maximum Gasteiger partial charge on any atom is 0.0312 e. The molecule has 0 aliphatic carbocycles. The van der Waals surface area contributed by atoms with Crippen molar-refractivity contribution in [2.45, 2.75) is 50.2 Å². The number of hydrogen-bond acceptors (Lipinski definition) is 3. The molecule has 86 valence electrons. The third-order valence-electron chi connectivity index (χ3n) is 4.60. The van der Waals surface area contributed by atoms with Crippen molar-refractivity contribution in [1.82, 2.24) is 15.5 Å². The van der Waals surface area contributed by atoms with Crippen molar-refractivity contribution in [3.63, 3.8) is 0 Å². The predicted molar refractivity (Wildman–Crippen MR) is 62.0 cm³/mol. The van der Waals surface area contributed by atoms with Crippen LogP contribution in [0, 0.1) is 0 Å². The Kier molecular flexibility index (Phi) is 2.49. The van der Waals surface area contributed by atoms with Crippen molar-refractivity contribution in [2.24, 2.45) is 0 Å². The molecule has 0 aromatic carbocycles. The largest absolute Gasteiger partial charge is 0.314 e. The van der Waals surface area contributed by atoms with Crippen molar-refractivity contribution < 1.29 is 0 Å². The van der Waals surface area contributed by atoms with Gasteiger partial charge in [-0.1, -0.05) is 0 Å². The van der Waals surface area contributed by atoms with E-state index in [2.05, 4.69) is 22.5 Å². The average molecular weight is 209 g/mol. The molecular formula is C12H23N3. The van der Waals surface area contributed by atoms with Crippen LogP contribution < -0.4 is 10.6 Å². The van der Waals surface area contributed by atoms with E-state index >= 15 is 0 Å². The van der Waals surface area contributed by atoms with Gasteiger partial charge in [-0.25, -0.2) is 0 Å². The molecule has 0 aromatic heterocycles. The van der Waals surface area contributed by atoms with Gasteiger partial charge >= 0.3 is 0 Å². The van der Waals surface area contributed by atoms with E-state index in [9.17, 15) is 0 Å². The average Bonchev–Trinajstić information content (AvgIpc) is 2.81. The van der Waals surface area contributed by atoms with Crippen LogP contribution in [-0.2, 0) is 0 Å². The van der Waals surface area contributed by atoms with Crippen LogP contribution in [0.25, 0.3) is 0 Å². The SMILES string of the molecule is CC1CNCCN1CC12CCC(CC1)N2. The molecule has 3 fully saturated rings. The molecule has 3 rings (SSSR count). The highest BCUT2D eigenvalue weighted by Crippen LogP contribution is 2.38. The van der Waals surface area contributed by atoms with Gasteiger partial charge in [0.1, 0.15) is 0 Å². The molecule has 0 saturated carbocycles. The van der Waals surface area contributed by atoms with E-state index in [1.54, 1.807) is 0 Å². The minimum Gasteiger partial charge on any atom is -0.314 e. The van der Waals surface area contributed by atoms with Gasteiger partial charge < -0.3 is 10.6 Å². The fourth-order valence-electron chi connectivity index (χ4n) is 3.60. The van der Waals surface area contributed by atoms with E-state index in [0.29, 0.717) is 5.54 Å². The van der Waals surface area contributed by atoms with Crippen molar-refractivity contribution in [1.29, 1.82) is 0 Å². The van der Waals surface area contributed by atoms with Crippen LogP contribution in [0.2, 0.25) is 0 Å². The molecule has 0 aromatic rings. The van der Waals surface area contributed by atoms with Crippen LogP contribution in [0.1, 0.15) is 32.6 Å². The molecule has 15 heavy (non-hydrogen) atoms. The fraction of sp³-hybridized carbons (Fsp3) is 1.00. The zero-order chi connectivity index (χ0) is 10.3. The summed E-state index contributed by atoms with van der Waals surface area (Å²) in [6.45, 7) is 7.20. The Morgan fingerprint density at radius 2 is 2.13 bits per heavy atom. The topological polar surface area (TPSA) is 27.3 Å². The molecule has 1 atom stereocenters. The number of nitrogens with one attached hydrogen (secondary N) is 2. The van der Waals surface area contributed by atoms with Gasteiger partial charge in [0.25, 0.3) is 0 Å². The molecule has 3 saturated heterocycles. The fourth-order valence-corrected chi connectivity index (χ4v) is 3.60. The Morgan fingerprint density at radius 1 is 1.33 bits per heavy atom. The van der Waals surface area contributed by atoms with E-state index < -0.39 is 0 Å². The van der Waals surface area contributed by atoms with Crippen LogP contribution in [0.15, 0.2) is 0 Å². The van der Waals surface area contributed by atoms with E-state index in [1.165, 1.54) is 51.9 Å². The zero-order valence-electron chi connectivity index (χ0n) is 9.76. The summed E-state index contributed by atoms with van der Waals surface area (Å²) in [4.78, 5) is 2.68. The summed E-state index contributed by atoms with van der Waals surface area (Å²) < 4.78 is 0. The number of rotatable bonds is 2. The third-order valence-corrected chi connectivity index (χ3v) is 4.60. The van der Waals surface area contributed by atoms with E-state index in [-0.39, 0.29) is 0 Å². The lowest BCUT2D eigenvalue weighted by atomic mass is 9.87. The van der Waals surface area contributed by atoms with E-state index in [1.807, 2.05) is 0 Å². The highest BCUT2D eigenvalue weighted by Gasteiger charge is 2.45. The van der Waals surface area contributed by atoms with Gasteiger partial charge in [0.15, 0.2) is 0 Å². The molecule has 3 aliphatic rings. The quantitative estimate of drug-likeness (QED) is 0.696. The lowest BCUT2D eigenvalue weighted by molar-refractivity contribution is 0.128. The Morgan fingerprint density at radius 3 is 2.73 bits per heavy atom. The van der Waals surface area contributed by atoms with Gasteiger partial charge in [-0.2, -0.15) is 0 Å². The second-order valence-corrected chi connectivity index (χ2v) is 5.72. The monoisotopic (exact) mass is 209 g/mol. The van der Waals surface area contributed by atoms with Gasteiger partial charge in [-0.15, -0.1) is 0 Å². The molecule has 2 N–H and O–H groups in total.